The molecule has 1 unspecified atom stereocenters. The molecule has 150 valence electrons. The Balaban J connectivity index is 0.00000364. The Morgan fingerprint density at radius 3 is 2.63 bits per heavy atom. The van der Waals surface area contributed by atoms with Gasteiger partial charge in [-0.1, -0.05) is 25.1 Å². The van der Waals surface area contributed by atoms with Crippen molar-refractivity contribution in [2.24, 2.45) is 10.9 Å². The fourth-order valence-electron chi connectivity index (χ4n) is 2.46. The molecule has 1 atom stereocenters. The molecule has 0 saturated heterocycles. The molecule has 0 amide bonds. The molecule has 0 saturated carbocycles. The lowest BCUT2D eigenvalue weighted by atomic mass is 10.1. The summed E-state index contributed by atoms with van der Waals surface area (Å²) in [6, 6.07) is 11.1. The first kappa shape index (κ1) is 23.9. The smallest absolute Gasteiger partial charge is 0.240 e. The van der Waals surface area contributed by atoms with Crippen LogP contribution in [0.1, 0.15) is 17.4 Å². The highest BCUT2D eigenvalue weighted by Gasteiger charge is 2.11. The Bertz CT molecular complexity index is 824. The van der Waals surface area contributed by atoms with E-state index >= 15 is 0 Å². The van der Waals surface area contributed by atoms with E-state index in [9.17, 15) is 8.42 Å². The van der Waals surface area contributed by atoms with Crippen molar-refractivity contribution in [3.63, 3.8) is 0 Å². The molecule has 0 spiro atoms. The molecule has 6 nitrogen and oxygen atoms in total. The van der Waals surface area contributed by atoms with Gasteiger partial charge in [0.2, 0.25) is 10.0 Å². The number of thiophene rings is 1. The summed E-state index contributed by atoms with van der Waals surface area (Å²) in [7, 11) is -0.304. The largest absolute Gasteiger partial charge is 0.356 e. The van der Waals surface area contributed by atoms with Crippen molar-refractivity contribution in [3.05, 3.63) is 52.2 Å². The van der Waals surface area contributed by atoms with Crippen molar-refractivity contribution in [1.29, 1.82) is 0 Å². The van der Waals surface area contributed by atoms with Gasteiger partial charge in [0.15, 0.2) is 5.96 Å². The fraction of sp³-hybridized carbons (Fsp3) is 0.389. The number of nitrogens with one attached hydrogen (secondary N) is 3. The number of aliphatic imine (C=N–C) groups is 1. The standard InChI is InChI=1S/C18H26N4O2S2.HI/c1-14(10-16-7-5-9-25-16)12-21-18(19-2)22-13-15-6-4-8-17(11-15)26(23,24)20-3;/h4-9,11,14,20H,10,12-13H2,1-3H3,(H2,19,21,22);1H. The van der Waals surface area contributed by atoms with Crippen molar-refractivity contribution >= 4 is 51.3 Å². The van der Waals surface area contributed by atoms with E-state index in [1.807, 2.05) is 6.07 Å². The van der Waals surface area contributed by atoms with Gasteiger partial charge in [0, 0.05) is 25.0 Å². The van der Waals surface area contributed by atoms with Crippen molar-refractivity contribution in [1.82, 2.24) is 15.4 Å². The Morgan fingerprint density at radius 1 is 1.22 bits per heavy atom. The SMILES string of the molecule is CN=C(NCc1cccc(S(=O)(=O)NC)c1)NCC(C)Cc1cccs1.I. The molecule has 1 aromatic heterocycles. The Labute approximate surface area is 182 Å². The predicted molar refractivity (Wildman–Crippen MR) is 123 cm³/mol. The van der Waals surface area contributed by atoms with E-state index in [0.29, 0.717) is 18.4 Å². The van der Waals surface area contributed by atoms with Gasteiger partial charge in [-0.2, -0.15) is 0 Å². The Morgan fingerprint density at radius 2 is 2.00 bits per heavy atom. The number of halogens is 1. The summed E-state index contributed by atoms with van der Waals surface area (Å²) >= 11 is 1.78. The molecule has 9 heteroatoms. The van der Waals surface area contributed by atoms with Gasteiger partial charge in [0.05, 0.1) is 4.90 Å². The Hall–Kier alpha value is -1.17. The van der Waals surface area contributed by atoms with Crippen molar-refractivity contribution < 1.29 is 8.42 Å². The van der Waals surface area contributed by atoms with Crippen LogP contribution in [-0.2, 0) is 23.0 Å². The second kappa shape index (κ2) is 11.6. The topological polar surface area (TPSA) is 82.6 Å². The number of hydrogen-bond donors (Lipinski definition) is 3. The second-order valence-electron chi connectivity index (χ2n) is 6.05. The molecule has 0 bridgehead atoms. The molecule has 0 aliphatic carbocycles. The van der Waals surface area contributed by atoms with E-state index in [2.05, 4.69) is 44.8 Å². The molecular weight excluding hydrogens is 495 g/mol. The normalized spacial score (nSPS) is 12.9. The first-order valence-corrected chi connectivity index (χ1v) is 10.8. The number of rotatable bonds is 8. The number of hydrogen-bond acceptors (Lipinski definition) is 4. The fourth-order valence-corrected chi connectivity index (χ4v) is 4.13. The van der Waals surface area contributed by atoms with Gasteiger partial charge in [-0.3, -0.25) is 4.99 Å². The van der Waals surface area contributed by atoms with E-state index in [1.54, 1.807) is 36.6 Å². The van der Waals surface area contributed by atoms with Crippen LogP contribution in [0.25, 0.3) is 0 Å². The van der Waals surface area contributed by atoms with E-state index in [0.717, 1.165) is 18.5 Å². The number of nitrogens with zero attached hydrogens (tertiary/aromatic N) is 1. The third-order valence-corrected chi connectivity index (χ3v) is 6.22. The van der Waals surface area contributed by atoms with E-state index in [1.165, 1.54) is 11.9 Å². The highest BCUT2D eigenvalue weighted by Crippen LogP contribution is 2.14. The van der Waals surface area contributed by atoms with Crippen molar-refractivity contribution in [2.45, 2.75) is 24.8 Å². The zero-order chi connectivity index (χ0) is 19.0. The molecule has 1 heterocycles. The van der Waals surface area contributed by atoms with Crippen LogP contribution >= 0.6 is 35.3 Å². The minimum atomic E-state index is -3.43. The lowest BCUT2D eigenvalue weighted by Crippen LogP contribution is -2.39. The second-order valence-corrected chi connectivity index (χ2v) is 8.97. The van der Waals surface area contributed by atoms with E-state index in [4.69, 9.17) is 0 Å². The van der Waals surface area contributed by atoms with Crippen LogP contribution in [0.2, 0.25) is 0 Å². The van der Waals surface area contributed by atoms with E-state index < -0.39 is 10.0 Å². The summed E-state index contributed by atoms with van der Waals surface area (Å²) in [5.74, 6) is 1.18. The number of benzene rings is 1. The maximum atomic E-state index is 11.9. The van der Waals surface area contributed by atoms with Crippen molar-refractivity contribution in [2.75, 3.05) is 20.6 Å². The number of sulfonamides is 1. The van der Waals surface area contributed by atoms with Crippen LogP contribution in [0.4, 0.5) is 0 Å². The van der Waals surface area contributed by atoms with Gasteiger partial charge < -0.3 is 10.6 Å². The molecule has 0 fully saturated rings. The maximum Gasteiger partial charge on any atom is 0.240 e. The average Bonchev–Trinajstić information content (AvgIpc) is 3.15. The van der Waals surface area contributed by atoms with Crippen LogP contribution in [0, 0.1) is 5.92 Å². The summed E-state index contributed by atoms with van der Waals surface area (Å²) in [6.45, 7) is 3.50. The summed E-state index contributed by atoms with van der Waals surface area (Å²) in [6.07, 6.45) is 1.03. The molecule has 2 aromatic rings. The zero-order valence-corrected chi connectivity index (χ0v) is 19.7. The predicted octanol–water partition coefficient (Wildman–Crippen LogP) is 2.82. The van der Waals surface area contributed by atoms with Gasteiger partial charge in [-0.15, -0.1) is 35.3 Å². The quantitative estimate of drug-likeness (QED) is 0.283. The molecule has 0 aliphatic rings. The molecule has 2 rings (SSSR count). The van der Waals surface area contributed by atoms with Gasteiger partial charge in [0.1, 0.15) is 0 Å². The van der Waals surface area contributed by atoms with Crippen LogP contribution in [0.5, 0.6) is 0 Å². The Kier molecular flexibility index (Phi) is 10.3. The van der Waals surface area contributed by atoms with Crippen LogP contribution in [0.15, 0.2) is 51.7 Å². The lowest BCUT2D eigenvalue weighted by molar-refractivity contribution is 0.562. The monoisotopic (exact) mass is 522 g/mol. The minimum absolute atomic E-state index is 0. The molecule has 0 aliphatic heterocycles. The summed E-state index contributed by atoms with van der Waals surface area (Å²) < 4.78 is 26.1. The first-order chi connectivity index (χ1) is 12.4. The number of guanidine groups is 1. The summed E-state index contributed by atoms with van der Waals surface area (Å²) in [4.78, 5) is 5.86. The average molecular weight is 522 g/mol. The van der Waals surface area contributed by atoms with E-state index in [-0.39, 0.29) is 28.9 Å². The van der Waals surface area contributed by atoms with Gasteiger partial charge in [0.25, 0.3) is 0 Å². The summed E-state index contributed by atoms with van der Waals surface area (Å²) in [5.41, 5.74) is 0.871. The van der Waals surface area contributed by atoms with Crippen LogP contribution in [-0.4, -0.2) is 35.0 Å². The summed E-state index contributed by atoms with van der Waals surface area (Å²) in [5, 5.41) is 8.64. The van der Waals surface area contributed by atoms with Gasteiger partial charge >= 0.3 is 0 Å². The lowest BCUT2D eigenvalue weighted by Gasteiger charge is -2.16. The van der Waals surface area contributed by atoms with Gasteiger partial charge in [-0.05, 0) is 48.5 Å². The van der Waals surface area contributed by atoms with Crippen LogP contribution in [0.3, 0.4) is 0 Å². The third-order valence-electron chi connectivity index (χ3n) is 3.91. The molecule has 3 N–H and O–H groups in total. The highest BCUT2D eigenvalue weighted by molar-refractivity contribution is 14.0. The molecule has 27 heavy (non-hydrogen) atoms. The first-order valence-electron chi connectivity index (χ1n) is 8.44. The van der Waals surface area contributed by atoms with Crippen LogP contribution < -0.4 is 15.4 Å². The molecule has 0 radical (unpaired) electrons. The zero-order valence-electron chi connectivity index (χ0n) is 15.7. The molecule has 1 aromatic carbocycles. The van der Waals surface area contributed by atoms with Crippen molar-refractivity contribution in [3.8, 4) is 0 Å². The maximum absolute atomic E-state index is 11.9. The third kappa shape index (κ3) is 7.76. The highest BCUT2D eigenvalue weighted by atomic mass is 127. The van der Waals surface area contributed by atoms with Gasteiger partial charge in [-0.25, -0.2) is 13.1 Å². The minimum Gasteiger partial charge on any atom is -0.356 e. The molecular formula is C18H27IN4O2S2.